The van der Waals surface area contributed by atoms with E-state index in [9.17, 15) is 9.59 Å². The molecule has 0 saturated heterocycles. The van der Waals surface area contributed by atoms with E-state index in [1.807, 2.05) is 30.3 Å². The summed E-state index contributed by atoms with van der Waals surface area (Å²) >= 11 is 0. The van der Waals surface area contributed by atoms with Gasteiger partial charge in [-0.25, -0.2) is 4.68 Å². The van der Waals surface area contributed by atoms with Gasteiger partial charge in [0.05, 0.1) is 5.39 Å². The smallest absolute Gasteiger partial charge is 0.278 e. The number of nitrogens with zero attached hydrogens (tertiary/aromatic N) is 3. The largest absolute Gasteiger partial charge is 0.350 e. The van der Waals surface area contributed by atoms with Gasteiger partial charge in [0, 0.05) is 6.54 Å². The van der Waals surface area contributed by atoms with Crippen LogP contribution in [0.15, 0.2) is 59.4 Å². The number of nitrogens with one attached hydrogen (secondary N) is 1. The summed E-state index contributed by atoms with van der Waals surface area (Å²) in [5.41, 5.74) is 1.20. The zero-order valence-electron chi connectivity index (χ0n) is 11.8. The molecule has 0 radical (unpaired) electrons. The van der Waals surface area contributed by atoms with E-state index in [4.69, 9.17) is 0 Å². The molecule has 0 saturated carbocycles. The summed E-state index contributed by atoms with van der Waals surface area (Å²) in [6.45, 7) is 0.263. The molecule has 0 spiro atoms. The summed E-state index contributed by atoms with van der Waals surface area (Å²) in [4.78, 5) is 24.2. The van der Waals surface area contributed by atoms with Crippen molar-refractivity contribution in [1.29, 1.82) is 0 Å². The Labute approximate surface area is 126 Å². The van der Waals surface area contributed by atoms with E-state index >= 15 is 0 Å². The highest BCUT2D eigenvalue weighted by Gasteiger charge is 2.09. The van der Waals surface area contributed by atoms with Gasteiger partial charge in [-0.1, -0.05) is 47.7 Å². The van der Waals surface area contributed by atoms with Crippen LogP contribution in [0, 0.1) is 0 Å². The number of carbonyl (C=O) groups excluding carboxylic acids is 1. The summed E-state index contributed by atoms with van der Waals surface area (Å²) in [6, 6.07) is 16.5. The van der Waals surface area contributed by atoms with Crippen LogP contribution in [0.25, 0.3) is 10.9 Å². The average molecular weight is 294 g/mol. The molecule has 3 rings (SSSR count). The molecule has 0 aliphatic rings. The molecule has 1 amide bonds. The third-order valence-corrected chi connectivity index (χ3v) is 3.26. The van der Waals surface area contributed by atoms with Crippen molar-refractivity contribution >= 4 is 16.8 Å². The maximum atomic E-state index is 12.2. The second-order valence-corrected chi connectivity index (χ2v) is 4.83. The maximum absolute atomic E-state index is 12.2. The van der Waals surface area contributed by atoms with E-state index in [2.05, 4.69) is 15.6 Å². The number of hydrogen-bond acceptors (Lipinski definition) is 4. The topological polar surface area (TPSA) is 76.9 Å². The second kappa shape index (κ2) is 6.17. The fourth-order valence-electron chi connectivity index (χ4n) is 2.12. The van der Waals surface area contributed by atoms with E-state index < -0.39 is 0 Å². The molecule has 110 valence electrons. The lowest BCUT2D eigenvalue weighted by Gasteiger charge is -2.06. The first-order chi connectivity index (χ1) is 10.7. The maximum Gasteiger partial charge on any atom is 0.278 e. The second-order valence-electron chi connectivity index (χ2n) is 4.83. The lowest BCUT2D eigenvalue weighted by Crippen LogP contribution is -2.33. The van der Waals surface area contributed by atoms with Crippen molar-refractivity contribution in [3.8, 4) is 0 Å². The number of hydrogen-bond donors (Lipinski definition) is 1. The Kier molecular flexibility index (Phi) is 3.91. The Balaban J connectivity index is 1.72. The van der Waals surface area contributed by atoms with E-state index in [0.29, 0.717) is 17.4 Å². The van der Waals surface area contributed by atoms with Gasteiger partial charge in [-0.15, -0.1) is 5.10 Å². The number of fused-ring (bicyclic) bond motifs is 1. The van der Waals surface area contributed by atoms with Gasteiger partial charge in [0.2, 0.25) is 5.91 Å². The van der Waals surface area contributed by atoms with E-state index in [1.165, 1.54) is 0 Å². The first-order valence-electron chi connectivity index (χ1n) is 6.87. The highest BCUT2D eigenvalue weighted by atomic mass is 16.2. The van der Waals surface area contributed by atoms with Crippen LogP contribution in [-0.4, -0.2) is 20.9 Å². The summed E-state index contributed by atoms with van der Waals surface area (Å²) < 4.78 is 1.07. The zero-order valence-corrected chi connectivity index (χ0v) is 11.8. The van der Waals surface area contributed by atoms with Crippen LogP contribution in [0.1, 0.15) is 5.56 Å². The number of benzene rings is 2. The quantitative estimate of drug-likeness (QED) is 0.782. The third-order valence-electron chi connectivity index (χ3n) is 3.26. The van der Waals surface area contributed by atoms with Gasteiger partial charge >= 0.3 is 0 Å². The van der Waals surface area contributed by atoms with Crippen LogP contribution in [0.4, 0.5) is 0 Å². The monoisotopic (exact) mass is 294 g/mol. The molecular weight excluding hydrogens is 280 g/mol. The van der Waals surface area contributed by atoms with Crippen molar-refractivity contribution in [3.63, 3.8) is 0 Å². The van der Waals surface area contributed by atoms with Crippen molar-refractivity contribution in [2.45, 2.75) is 13.1 Å². The predicted molar refractivity (Wildman–Crippen MR) is 82.1 cm³/mol. The summed E-state index contributed by atoms with van der Waals surface area (Å²) in [6.07, 6.45) is 0. The molecule has 0 aliphatic carbocycles. The van der Waals surface area contributed by atoms with Gasteiger partial charge in [-0.05, 0) is 17.7 Å². The molecule has 2 aromatic carbocycles. The van der Waals surface area contributed by atoms with Crippen molar-refractivity contribution in [1.82, 2.24) is 20.3 Å². The summed E-state index contributed by atoms with van der Waals surface area (Å²) in [5, 5.41) is 10.9. The molecule has 1 aromatic heterocycles. The van der Waals surface area contributed by atoms with Crippen LogP contribution < -0.4 is 10.9 Å². The molecular formula is C16H14N4O2. The van der Waals surface area contributed by atoms with Crippen LogP contribution in [0.2, 0.25) is 0 Å². The first-order valence-corrected chi connectivity index (χ1v) is 6.87. The number of amides is 1. The highest BCUT2D eigenvalue weighted by Crippen LogP contribution is 2.03. The molecule has 0 aliphatic heterocycles. The molecule has 0 unspecified atom stereocenters. The third kappa shape index (κ3) is 3.01. The standard InChI is InChI=1S/C16H14N4O2/c21-15(17-10-12-6-2-1-3-7-12)11-20-16(22)13-8-4-5-9-14(13)18-19-20/h1-9H,10-11H2,(H,17,21). The van der Waals surface area contributed by atoms with Crippen LogP contribution in [0.5, 0.6) is 0 Å². The van der Waals surface area contributed by atoms with Gasteiger partial charge in [-0.2, -0.15) is 0 Å². The van der Waals surface area contributed by atoms with Gasteiger partial charge in [0.25, 0.3) is 5.56 Å². The number of rotatable bonds is 4. The summed E-state index contributed by atoms with van der Waals surface area (Å²) in [7, 11) is 0. The van der Waals surface area contributed by atoms with Crippen molar-refractivity contribution < 1.29 is 4.79 Å². The van der Waals surface area contributed by atoms with Gasteiger partial charge in [0.15, 0.2) is 0 Å². The molecule has 1 heterocycles. The predicted octanol–water partition coefficient (Wildman–Crippen LogP) is 1.11. The molecule has 6 heteroatoms. The van der Waals surface area contributed by atoms with Crippen LogP contribution >= 0.6 is 0 Å². The molecule has 3 aromatic rings. The summed E-state index contributed by atoms with van der Waals surface area (Å²) in [5.74, 6) is -0.282. The SMILES string of the molecule is O=C(Cn1nnc2ccccc2c1=O)NCc1ccccc1. The average Bonchev–Trinajstić information content (AvgIpc) is 2.57. The van der Waals surface area contributed by atoms with Gasteiger partial charge in [0.1, 0.15) is 12.1 Å². The van der Waals surface area contributed by atoms with Crippen molar-refractivity contribution in [3.05, 3.63) is 70.5 Å². The van der Waals surface area contributed by atoms with E-state index in [1.54, 1.807) is 24.3 Å². The molecule has 0 atom stereocenters. The highest BCUT2D eigenvalue weighted by molar-refractivity contribution is 5.78. The first kappa shape index (κ1) is 13.9. The lowest BCUT2D eigenvalue weighted by atomic mass is 10.2. The normalized spacial score (nSPS) is 10.5. The Morgan fingerprint density at radius 3 is 2.59 bits per heavy atom. The number of aromatic nitrogens is 3. The molecule has 6 nitrogen and oxygen atoms in total. The Morgan fingerprint density at radius 2 is 1.77 bits per heavy atom. The fraction of sp³-hybridized carbons (Fsp3) is 0.125. The molecule has 1 N–H and O–H groups in total. The molecule has 0 fully saturated rings. The lowest BCUT2D eigenvalue weighted by molar-refractivity contribution is -0.122. The van der Waals surface area contributed by atoms with E-state index in [-0.39, 0.29) is 18.0 Å². The van der Waals surface area contributed by atoms with E-state index in [0.717, 1.165) is 10.2 Å². The minimum absolute atomic E-state index is 0.149. The van der Waals surface area contributed by atoms with Crippen LogP contribution in [-0.2, 0) is 17.9 Å². The van der Waals surface area contributed by atoms with Gasteiger partial charge < -0.3 is 5.32 Å². The Bertz CT molecular complexity index is 859. The minimum Gasteiger partial charge on any atom is -0.350 e. The fourth-order valence-corrected chi connectivity index (χ4v) is 2.12. The Hall–Kier alpha value is -3.02. The van der Waals surface area contributed by atoms with Crippen molar-refractivity contribution in [2.24, 2.45) is 0 Å². The minimum atomic E-state index is -0.319. The molecule has 22 heavy (non-hydrogen) atoms. The van der Waals surface area contributed by atoms with Crippen molar-refractivity contribution in [2.75, 3.05) is 0 Å². The van der Waals surface area contributed by atoms with Crippen LogP contribution in [0.3, 0.4) is 0 Å². The molecule has 0 bridgehead atoms. The number of carbonyl (C=O) groups is 1. The van der Waals surface area contributed by atoms with Gasteiger partial charge in [-0.3, -0.25) is 9.59 Å². The Morgan fingerprint density at radius 1 is 1.05 bits per heavy atom. The zero-order chi connectivity index (χ0) is 15.4.